The molecule has 0 aliphatic carbocycles. The number of aromatic carboxylic acids is 1. The minimum absolute atomic E-state index is 0.177. The van der Waals surface area contributed by atoms with E-state index < -0.39 is 17.5 Å². The minimum Gasteiger partial charge on any atom is -0.478 e. The van der Waals surface area contributed by atoms with E-state index in [1.165, 1.54) is 12.1 Å². The maximum Gasteiger partial charge on any atom is 0.335 e. The zero-order chi connectivity index (χ0) is 21.7. The average molecular weight is 415 g/mol. The Morgan fingerprint density at radius 2 is 1.90 bits per heavy atom. The number of benzene rings is 1. The Kier molecular flexibility index (Phi) is 6.87. The Balaban J connectivity index is 1.78. The van der Waals surface area contributed by atoms with Crippen LogP contribution >= 0.6 is 0 Å². The lowest BCUT2D eigenvalue weighted by molar-refractivity contribution is -0.157. The second kappa shape index (κ2) is 9.38. The molecule has 1 saturated heterocycles. The minimum atomic E-state index is -1.00. The second-order valence-electron chi connectivity index (χ2n) is 8.70. The summed E-state index contributed by atoms with van der Waals surface area (Å²) in [6, 6.07) is 6.21. The molecule has 1 fully saturated rings. The fourth-order valence-corrected chi connectivity index (χ4v) is 3.54. The van der Waals surface area contributed by atoms with Gasteiger partial charge in [0.15, 0.2) is 0 Å². The molecule has 0 bridgehead atoms. The highest BCUT2D eigenvalue weighted by molar-refractivity contribution is 5.88. The summed E-state index contributed by atoms with van der Waals surface area (Å²) in [5, 5.41) is 16.4. The Hall–Kier alpha value is -2.74. The fraction of sp³-hybridized carbons (Fsp3) is 0.545. The summed E-state index contributed by atoms with van der Waals surface area (Å²) in [7, 11) is 0. The summed E-state index contributed by atoms with van der Waals surface area (Å²) in [5.74, 6) is -0.889. The van der Waals surface area contributed by atoms with Gasteiger partial charge in [-0.15, -0.1) is 0 Å². The number of esters is 1. The van der Waals surface area contributed by atoms with E-state index in [-0.39, 0.29) is 17.4 Å². The number of ether oxygens (including phenoxy) is 1. The Labute approximate surface area is 176 Å². The monoisotopic (exact) mass is 415 g/mol. The number of aromatic nitrogens is 2. The van der Waals surface area contributed by atoms with Crippen LogP contribution in [0.5, 0.6) is 0 Å². The first-order chi connectivity index (χ1) is 14.2. The number of piperidine rings is 1. The van der Waals surface area contributed by atoms with Crippen molar-refractivity contribution in [3.05, 3.63) is 35.7 Å². The molecule has 162 valence electrons. The van der Waals surface area contributed by atoms with Gasteiger partial charge in [-0.1, -0.05) is 17.3 Å². The summed E-state index contributed by atoms with van der Waals surface area (Å²) >= 11 is 0. The molecule has 0 radical (unpaired) electrons. The third kappa shape index (κ3) is 5.89. The largest absolute Gasteiger partial charge is 0.478 e. The standard InChI is InChI=1S/C22H29N3O5/c1-22(2,3)29-21(28)17(9-4-14-10-12-23-13-11-14)19-24-18(25-30-19)15-5-7-16(8-6-15)20(26)27/h5-8,14,17,23H,4,9-13H2,1-3H3,(H,26,27). The number of hydrogen-bond acceptors (Lipinski definition) is 7. The lowest BCUT2D eigenvalue weighted by Crippen LogP contribution is -2.30. The number of carbonyl (C=O) groups is 2. The first-order valence-electron chi connectivity index (χ1n) is 10.3. The van der Waals surface area contributed by atoms with E-state index in [2.05, 4.69) is 15.5 Å². The normalized spacial score (nSPS) is 16.2. The molecule has 1 aliphatic rings. The van der Waals surface area contributed by atoms with Crippen LogP contribution in [-0.2, 0) is 9.53 Å². The van der Waals surface area contributed by atoms with E-state index in [9.17, 15) is 9.59 Å². The van der Waals surface area contributed by atoms with Gasteiger partial charge in [0, 0.05) is 5.56 Å². The van der Waals surface area contributed by atoms with Gasteiger partial charge in [0.05, 0.1) is 5.56 Å². The first-order valence-corrected chi connectivity index (χ1v) is 10.3. The van der Waals surface area contributed by atoms with Crippen LogP contribution in [0.25, 0.3) is 11.4 Å². The number of carboxylic acids is 1. The van der Waals surface area contributed by atoms with Crippen LogP contribution in [0.2, 0.25) is 0 Å². The van der Waals surface area contributed by atoms with Gasteiger partial charge in [-0.05, 0) is 77.6 Å². The zero-order valence-corrected chi connectivity index (χ0v) is 17.7. The number of nitrogens with zero attached hydrogens (tertiary/aromatic N) is 2. The van der Waals surface area contributed by atoms with Gasteiger partial charge in [0.25, 0.3) is 0 Å². The van der Waals surface area contributed by atoms with Crippen LogP contribution in [0.1, 0.15) is 68.6 Å². The summed E-state index contributed by atoms with van der Waals surface area (Å²) in [6.07, 6.45) is 3.65. The fourth-order valence-electron chi connectivity index (χ4n) is 3.54. The van der Waals surface area contributed by atoms with Crippen molar-refractivity contribution in [2.45, 2.75) is 58.0 Å². The molecule has 8 nitrogen and oxygen atoms in total. The topological polar surface area (TPSA) is 115 Å². The molecule has 2 N–H and O–H groups in total. The molecular formula is C22H29N3O5. The van der Waals surface area contributed by atoms with E-state index in [1.54, 1.807) is 12.1 Å². The molecule has 1 aromatic heterocycles. The van der Waals surface area contributed by atoms with E-state index in [4.69, 9.17) is 14.4 Å². The molecule has 0 amide bonds. The van der Waals surface area contributed by atoms with Crippen LogP contribution in [0.3, 0.4) is 0 Å². The van der Waals surface area contributed by atoms with Crippen LogP contribution in [0.15, 0.2) is 28.8 Å². The van der Waals surface area contributed by atoms with Crippen molar-refractivity contribution >= 4 is 11.9 Å². The SMILES string of the molecule is CC(C)(C)OC(=O)C(CCC1CCNCC1)c1nc(-c2ccc(C(=O)O)cc2)no1. The lowest BCUT2D eigenvalue weighted by atomic mass is 9.89. The van der Waals surface area contributed by atoms with Crippen molar-refractivity contribution in [3.8, 4) is 11.4 Å². The molecular weight excluding hydrogens is 386 g/mol. The van der Waals surface area contributed by atoms with Crippen molar-refractivity contribution in [3.63, 3.8) is 0 Å². The number of carboxylic acid groups (broad SMARTS) is 1. The molecule has 1 atom stereocenters. The van der Waals surface area contributed by atoms with Crippen LogP contribution in [0, 0.1) is 5.92 Å². The molecule has 0 saturated carbocycles. The Bertz CT molecular complexity index is 864. The molecule has 1 unspecified atom stereocenters. The molecule has 2 heterocycles. The third-order valence-electron chi connectivity index (χ3n) is 5.14. The summed E-state index contributed by atoms with van der Waals surface area (Å²) in [6.45, 7) is 7.49. The van der Waals surface area contributed by atoms with Crippen LogP contribution in [-0.4, -0.2) is 45.9 Å². The number of nitrogens with one attached hydrogen (secondary N) is 1. The maximum atomic E-state index is 12.9. The predicted molar refractivity (Wildman–Crippen MR) is 110 cm³/mol. The summed E-state index contributed by atoms with van der Waals surface area (Å²) in [5.41, 5.74) is 0.187. The first kappa shape index (κ1) is 22.0. The quantitative estimate of drug-likeness (QED) is 0.659. The van der Waals surface area contributed by atoms with Crippen molar-refractivity contribution in [1.82, 2.24) is 15.5 Å². The molecule has 1 aliphatic heterocycles. The second-order valence-corrected chi connectivity index (χ2v) is 8.70. The average Bonchev–Trinajstić information content (AvgIpc) is 3.17. The third-order valence-corrected chi connectivity index (χ3v) is 5.14. The van der Waals surface area contributed by atoms with Crippen LogP contribution < -0.4 is 5.32 Å². The van der Waals surface area contributed by atoms with Gasteiger partial charge in [0.2, 0.25) is 11.7 Å². The Morgan fingerprint density at radius 3 is 2.50 bits per heavy atom. The number of rotatable bonds is 7. The maximum absolute atomic E-state index is 12.9. The van der Waals surface area contributed by atoms with E-state index in [1.807, 2.05) is 20.8 Å². The van der Waals surface area contributed by atoms with Gasteiger partial charge >= 0.3 is 11.9 Å². The molecule has 8 heteroatoms. The van der Waals surface area contributed by atoms with Crippen LogP contribution in [0.4, 0.5) is 0 Å². The van der Waals surface area contributed by atoms with Crippen molar-refractivity contribution < 1.29 is 24.0 Å². The lowest BCUT2D eigenvalue weighted by Gasteiger charge is -2.25. The molecule has 30 heavy (non-hydrogen) atoms. The highest BCUT2D eigenvalue weighted by Crippen LogP contribution is 2.30. The van der Waals surface area contributed by atoms with Gasteiger partial charge in [-0.25, -0.2) is 4.79 Å². The molecule has 2 aromatic rings. The van der Waals surface area contributed by atoms with Crippen molar-refractivity contribution in [2.24, 2.45) is 5.92 Å². The molecule has 1 aromatic carbocycles. The number of carbonyl (C=O) groups excluding carboxylic acids is 1. The predicted octanol–water partition coefficient (Wildman–Crippen LogP) is 3.64. The smallest absolute Gasteiger partial charge is 0.335 e. The number of hydrogen-bond donors (Lipinski definition) is 2. The molecule has 3 rings (SSSR count). The Morgan fingerprint density at radius 1 is 1.23 bits per heavy atom. The zero-order valence-electron chi connectivity index (χ0n) is 17.7. The van der Waals surface area contributed by atoms with Gasteiger partial charge in [-0.3, -0.25) is 4.79 Å². The molecule has 0 spiro atoms. The van der Waals surface area contributed by atoms with Gasteiger partial charge in [0.1, 0.15) is 11.5 Å². The van der Waals surface area contributed by atoms with E-state index in [0.717, 1.165) is 32.4 Å². The highest BCUT2D eigenvalue weighted by atomic mass is 16.6. The van der Waals surface area contributed by atoms with Gasteiger partial charge < -0.3 is 19.7 Å². The van der Waals surface area contributed by atoms with E-state index in [0.29, 0.717) is 23.7 Å². The van der Waals surface area contributed by atoms with Gasteiger partial charge in [-0.2, -0.15) is 4.98 Å². The van der Waals surface area contributed by atoms with Crippen molar-refractivity contribution in [1.29, 1.82) is 0 Å². The highest BCUT2D eigenvalue weighted by Gasteiger charge is 2.32. The van der Waals surface area contributed by atoms with Crippen molar-refractivity contribution in [2.75, 3.05) is 13.1 Å². The summed E-state index contributed by atoms with van der Waals surface area (Å²) in [4.78, 5) is 28.3. The summed E-state index contributed by atoms with van der Waals surface area (Å²) < 4.78 is 11.1. The van der Waals surface area contributed by atoms with E-state index >= 15 is 0 Å².